The smallest absolute Gasteiger partial charge is 0.123 e. The van der Waals surface area contributed by atoms with Gasteiger partial charge >= 0.3 is 0 Å². The SMILES string of the molecule is CCN(CC)CCCNCc1ccc(CN(C)C)cc1OC. The summed E-state index contributed by atoms with van der Waals surface area (Å²) in [7, 11) is 5.91. The van der Waals surface area contributed by atoms with Crippen LogP contribution in [0.1, 0.15) is 31.4 Å². The zero-order valence-corrected chi connectivity index (χ0v) is 15.0. The van der Waals surface area contributed by atoms with Crippen LogP contribution in [-0.2, 0) is 13.1 Å². The second-order valence-corrected chi connectivity index (χ2v) is 5.94. The number of rotatable bonds is 11. The lowest BCUT2D eigenvalue weighted by atomic mass is 10.1. The molecule has 0 saturated heterocycles. The summed E-state index contributed by atoms with van der Waals surface area (Å²) >= 11 is 0. The van der Waals surface area contributed by atoms with Crippen molar-refractivity contribution in [3.63, 3.8) is 0 Å². The minimum absolute atomic E-state index is 0.865. The van der Waals surface area contributed by atoms with Crippen molar-refractivity contribution in [1.82, 2.24) is 15.1 Å². The van der Waals surface area contributed by atoms with Crippen molar-refractivity contribution in [2.75, 3.05) is 47.4 Å². The topological polar surface area (TPSA) is 27.7 Å². The Balaban J connectivity index is 2.42. The summed E-state index contributed by atoms with van der Waals surface area (Å²) in [6.07, 6.45) is 1.18. The van der Waals surface area contributed by atoms with Crippen LogP contribution in [0.15, 0.2) is 18.2 Å². The molecule has 0 unspecified atom stereocenters. The Hall–Kier alpha value is -1.10. The molecule has 0 aliphatic heterocycles. The van der Waals surface area contributed by atoms with Crippen LogP contribution in [0.3, 0.4) is 0 Å². The van der Waals surface area contributed by atoms with Crippen LogP contribution >= 0.6 is 0 Å². The van der Waals surface area contributed by atoms with E-state index in [-0.39, 0.29) is 0 Å². The molecule has 0 radical (unpaired) electrons. The largest absolute Gasteiger partial charge is 0.496 e. The summed E-state index contributed by atoms with van der Waals surface area (Å²) in [4.78, 5) is 4.62. The highest BCUT2D eigenvalue weighted by molar-refractivity contribution is 5.37. The van der Waals surface area contributed by atoms with Crippen molar-refractivity contribution in [3.8, 4) is 5.75 Å². The third-order valence-corrected chi connectivity index (χ3v) is 3.89. The Bertz CT molecular complexity index is 417. The Labute approximate surface area is 136 Å². The molecule has 1 aromatic carbocycles. The van der Waals surface area contributed by atoms with Crippen LogP contribution < -0.4 is 10.1 Å². The first kappa shape index (κ1) is 18.9. The number of hydrogen-bond donors (Lipinski definition) is 1. The Morgan fingerprint density at radius 2 is 1.86 bits per heavy atom. The molecule has 0 aromatic heterocycles. The number of methoxy groups -OCH3 is 1. The van der Waals surface area contributed by atoms with Crippen molar-refractivity contribution in [2.45, 2.75) is 33.4 Å². The van der Waals surface area contributed by atoms with Crippen molar-refractivity contribution in [1.29, 1.82) is 0 Å². The van der Waals surface area contributed by atoms with Gasteiger partial charge in [-0.3, -0.25) is 0 Å². The Kier molecular flexibility index (Phi) is 9.13. The molecule has 0 aliphatic rings. The summed E-state index contributed by atoms with van der Waals surface area (Å²) in [5.41, 5.74) is 2.51. The van der Waals surface area contributed by atoms with E-state index in [1.165, 1.54) is 24.1 Å². The summed E-state index contributed by atoms with van der Waals surface area (Å²) < 4.78 is 5.53. The molecular weight excluding hydrogens is 274 g/mol. The van der Waals surface area contributed by atoms with Crippen LogP contribution in [0.25, 0.3) is 0 Å². The molecule has 1 N–H and O–H groups in total. The summed E-state index contributed by atoms with van der Waals surface area (Å²) in [5.74, 6) is 0.982. The number of hydrogen-bond acceptors (Lipinski definition) is 4. The van der Waals surface area contributed by atoms with E-state index in [2.05, 4.69) is 61.3 Å². The van der Waals surface area contributed by atoms with E-state index in [0.717, 1.165) is 38.5 Å². The van der Waals surface area contributed by atoms with Gasteiger partial charge in [-0.2, -0.15) is 0 Å². The first-order valence-corrected chi connectivity index (χ1v) is 8.34. The lowest BCUT2D eigenvalue weighted by Gasteiger charge is -2.18. The van der Waals surface area contributed by atoms with Gasteiger partial charge in [0.15, 0.2) is 0 Å². The van der Waals surface area contributed by atoms with Crippen LogP contribution in [0, 0.1) is 0 Å². The van der Waals surface area contributed by atoms with Crippen molar-refractivity contribution in [3.05, 3.63) is 29.3 Å². The van der Waals surface area contributed by atoms with Crippen LogP contribution in [0.4, 0.5) is 0 Å². The molecule has 0 saturated carbocycles. The maximum Gasteiger partial charge on any atom is 0.123 e. The first-order valence-electron chi connectivity index (χ1n) is 8.34. The second-order valence-electron chi connectivity index (χ2n) is 5.94. The molecule has 0 aliphatic carbocycles. The third-order valence-electron chi connectivity index (χ3n) is 3.89. The lowest BCUT2D eigenvalue weighted by Crippen LogP contribution is -2.27. The average molecular weight is 307 g/mol. The fourth-order valence-electron chi connectivity index (χ4n) is 2.59. The Morgan fingerprint density at radius 1 is 1.14 bits per heavy atom. The molecule has 0 bridgehead atoms. The molecule has 0 spiro atoms. The molecule has 4 heteroatoms. The van der Waals surface area contributed by atoms with Gasteiger partial charge in [-0.25, -0.2) is 0 Å². The van der Waals surface area contributed by atoms with Crippen molar-refractivity contribution >= 4 is 0 Å². The van der Waals surface area contributed by atoms with E-state index in [9.17, 15) is 0 Å². The molecule has 126 valence electrons. The molecule has 4 nitrogen and oxygen atoms in total. The normalized spacial score (nSPS) is 11.4. The fraction of sp³-hybridized carbons (Fsp3) is 0.667. The summed E-state index contributed by atoms with van der Waals surface area (Å²) in [6.45, 7) is 10.7. The van der Waals surface area contributed by atoms with Gasteiger partial charge in [0.25, 0.3) is 0 Å². The van der Waals surface area contributed by atoms with Gasteiger partial charge in [0.1, 0.15) is 5.75 Å². The molecular formula is C18H33N3O. The molecule has 1 rings (SSSR count). The van der Waals surface area contributed by atoms with E-state index >= 15 is 0 Å². The van der Waals surface area contributed by atoms with E-state index in [1.807, 2.05) is 0 Å². The number of benzene rings is 1. The fourth-order valence-corrected chi connectivity index (χ4v) is 2.59. The quantitative estimate of drug-likeness (QED) is 0.636. The second kappa shape index (κ2) is 10.6. The molecule has 0 amide bonds. The molecule has 0 atom stereocenters. The van der Waals surface area contributed by atoms with E-state index in [4.69, 9.17) is 4.74 Å². The van der Waals surface area contributed by atoms with Gasteiger partial charge in [0, 0.05) is 18.7 Å². The lowest BCUT2D eigenvalue weighted by molar-refractivity contribution is 0.298. The Morgan fingerprint density at radius 3 is 2.45 bits per heavy atom. The summed E-state index contributed by atoms with van der Waals surface area (Å²) in [6, 6.07) is 6.51. The van der Waals surface area contributed by atoms with Crippen LogP contribution in [0.5, 0.6) is 5.75 Å². The van der Waals surface area contributed by atoms with Gasteiger partial charge in [-0.15, -0.1) is 0 Å². The van der Waals surface area contributed by atoms with Gasteiger partial charge in [0.05, 0.1) is 7.11 Å². The summed E-state index contributed by atoms with van der Waals surface area (Å²) in [5, 5.41) is 3.52. The average Bonchev–Trinajstić information content (AvgIpc) is 2.51. The maximum atomic E-state index is 5.53. The highest BCUT2D eigenvalue weighted by Crippen LogP contribution is 2.20. The van der Waals surface area contributed by atoms with Crippen LogP contribution in [-0.4, -0.2) is 57.2 Å². The van der Waals surface area contributed by atoms with Crippen LogP contribution in [0.2, 0.25) is 0 Å². The third kappa shape index (κ3) is 6.77. The van der Waals surface area contributed by atoms with E-state index in [1.54, 1.807) is 7.11 Å². The predicted octanol–water partition coefficient (Wildman–Crippen LogP) is 2.58. The zero-order valence-electron chi connectivity index (χ0n) is 15.0. The van der Waals surface area contributed by atoms with Gasteiger partial charge in [-0.1, -0.05) is 26.0 Å². The number of ether oxygens (including phenoxy) is 1. The first-order chi connectivity index (χ1) is 10.6. The minimum atomic E-state index is 0.865. The molecule has 22 heavy (non-hydrogen) atoms. The van der Waals surface area contributed by atoms with E-state index in [0.29, 0.717) is 0 Å². The standard InChI is InChI=1S/C18H33N3O/c1-6-21(7-2)12-8-11-19-14-17-10-9-16(15-20(3)4)13-18(17)22-5/h9-10,13,19H,6-8,11-12,14-15H2,1-5H3. The number of nitrogens with zero attached hydrogens (tertiary/aromatic N) is 2. The monoisotopic (exact) mass is 307 g/mol. The maximum absolute atomic E-state index is 5.53. The predicted molar refractivity (Wildman–Crippen MR) is 94.5 cm³/mol. The molecule has 0 heterocycles. The van der Waals surface area contributed by atoms with Gasteiger partial charge < -0.3 is 19.9 Å². The molecule has 0 fully saturated rings. The highest BCUT2D eigenvalue weighted by atomic mass is 16.5. The van der Waals surface area contributed by atoms with E-state index < -0.39 is 0 Å². The zero-order chi connectivity index (χ0) is 16.4. The minimum Gasteiger partial charge on any atom is -0.496 e. The van der Waals surface area contributed by atoms with Crippen molar-refractivity contribution in [2.24, 2.45) is 0 Å². The highest BCUT2D eigenvalue weighted by Gasteiger charge is 2.05. The van der Waals surface area contributed by atoms with Gasteiger partial charge in [0.2, 0.25) is 0 Å². The molecule has 1 aromatic rings. The number of nitrogens with one attached hydrogen (secondary N) is 1. The van der Waals surface area contributed by atoms with Crippen molar-refractivity contribution < 1.29 is 4.74 Å². The van der Waals surface area contributed by atoms with Gasteiger partial charge in [-0.05, 0) is 58.3 Å².